The quantitative estimate of drug-likeness (QED) is 0.601. The van der Waals surface area contributed by atoms with Gasteiger partial charge in [-0.1, -0.05) is 42.5 Å². The van der Waals surface area contributed by atoms with Gasteiger partial charge in [-0.2, -0.15) is 0 Å². The van der Waals surface area contributed by atoms with E-state index in [1.165, 1.54) is 10.8 Å². The van der Waals surface area contributed by atoms with Crippen molar-refractivity contribution in [3.8, 4) is 0 Å². The van der Waals surface area contributed by atoms with Crippen LogP contribution < -0.4 is 10.9 Å². The van der Waals surface area contributed by atoms with Crippen LogP contribution in [-0.4, -0.2) is 11.5 Å². The number of hydrogen-bond donors (Lipinski definition) is 2. The van der Waals surface area contributed by atoms with Crippen molar-refractivity contribution >= 4 is 21.8 Å². The van der Waals surface area contributed by atoms with E-state index in [1.807, 2.05) is 48.7 Å². The number of aromatic nitrogens is 1. The number of fused-ring (bicyclic) bond motifs is 2. The Hall–Kier alpha value is -2.39. The van der Waals surface area contributed by atoms with E-state index < -0.39 is 0 Å². The first-order valence-electron chi connectivity index (χ1n) is 6.31. The fraction of sp³-hybridized carbons (Fsp3) is 0.0625. The first-order valence-corrected chi connectivity index (χ1v) is 6.31. The molecule has 2 heterocycles. The van der Waals surface area contributed by atoms with Gasteiger partial charge in [0.2, 0.25) is 0 Å². The molecule has 94 valence electrons. The molecule has 19 heavy (non-hydrogen) atoms. The minimum atomic E-state index is 0.958. The van der Waals surface area contributed by atoms with Crippen LogP contribution in [0.2, 0.25) is 0 Å². The molecule has 1 aliphatic rings. The molecule has 1 aromatic heterocycles. The maximum absolute atomic E-state index is 4.58. The van der Waals surface area contributed by atoms with E-state index in [0.717, 1.165) is 17.6 Å². The second-order valence-electron chi connectivity index (χ2n) is 4.30. The normalized spacial score (nSPS) is 13.1. The fourth-order valence-electron chi connectivity index (χ4n) is 2.01. The van der Waals surface area contributed by atoms with Crippen molar-refractivity contribution in [2.24, 2.45) is 0 Å². The van der Waals surface area contributed by atoms with Crippen molar-refractivity contribution in [2.45, 2.75) is 0 Å². The predicted octanol–water partition coefficient (Wildman–Crippen LogP) is 3.00. The summed E-state index contributed by atoms with van der Waals surface area (Å²) < 4.78 is 0. The van der Waals surface area contributed by atoms with Gasteiger partial charge < -0.3 is 5.43 Å². The van der Waals surface area contributed by atoms with Gasteiger partial charge in [0.15, 0.2) is 0 Å². The molecule has 0 saturated heterocycles. The van der Waals surface area contributed by atoms with Crippen LogP contribution in [-0.2, 0) is 0 Å². The fourth-order valence-corrected chi connectivity index (χ4v) is 2.01. The molecule has 0 saturated carbocycles. The molecule has 0 bridgehead atoms. The van der Waals surface area contributed by atoms with E-state index in [1.54, 1.807) is 0 Å². The van der Waals surface area contributed by atoms with Crippen molar-refractivity contribution in [3.05, 3.63) is 66.9 Å². The zero-order chi connectivity index (χ0) is 12.9. The monoisotopic (exact) mass is 249 g/mol. The van der Waals surface area contributed by atoms with Gasteiger partial charge in [0.25, 0.3) is 0 Å². The molecule has 0 spiro atoms. The summed E-state index contributed by atoms with van der Waals surface area (Å²) in [6.07, 6.45) is 3.89. The SMILES string of the molecule is C1=CNNC1.c1ccc2nc3ccccc3cc2c1. The molecule has 4 rings (SSSR count). The Labute approximate surface area is 111 Å². The van der Waals surface area contributed by atoms with Crippen molar-refractivity contribution in [3.63, 3.8) is 0 Å². The molecule has 1 aliphatic heterocycles. The Bertz CT molecular complexity index is 608. The average molecular weight is 249 g/mol. The first-order chi connectivity index (χ1) is 9.43. The number of benzene rings is 2. The van der Waals surface area contributed by atoms with Crippen molar-refractivity contribution in [2.75, 3.05) is 6.54 Å². The lowest BCUT2D eigenvalue weighted by atomic mass is 10.1. The van der Waals surface area contributed by atoms with Crippen molar-refractivity contribution in [1.82, 2.24) is 15.8 Å². The van der Waals surface area contributed by atoms with E-state index in [4.69, 9.17) is 0 Å². The summed E-state index contributed by atoms with van der Waals surface area (Å²) in [7, 11) is 0. The summed E-state index contributed by atoms with van der Waals surface area (Å²) in [4.78, 5) is 4.58. The van der Waals surface area contributed by atoms with Crippen LogP contribution in [0, 0.1) is 0 Å². The highest BCUT2D eigenvalue weighted by Gasteiger charge is 1.96. The maximum atomic E-state index is 4.58. The van der Waals surface area contributed by atoms with Crippen LogP contribution in [0.4, 0.5) is 0 Å². The third-order valence-electron chi connectivity index (χ3n) is 2.95. The van der Waals surface area contributed by atoms with Gasteiger partial charge in [0.1, 0.15) is 0 Å². The number of nitrogens with one attached hydrogen (secondary N) is 2. The summed E-state index contributed by atoms with van der Waals surface area (Å²) in [5, 5.41) is 2.40. The Morgan fingerprint density at radius 3 is 1.95 bits per heavy atom. The molecule has 0 atom stereocenters. The highest BCUT2D eigenvalue weighted by molar-refractivity contribution is 5.92. The van der Waals surface area contributed by atoms with Crippen molar-refractivity contribution in [1.29, 1.82) is 0 Å². The highest BCUT2D eigenvalue weighted by Crippen LogP contribution is 2.18. The molecular formula is C16H15N3. The summed E-state index contributed by atoms with van der Waals surface area (Å²) >= 11 is 0. The zero-order valence-corrected chi connectivity index (χ0v) is 10.5. The first kappa shape index (κ1) is 11.7. The second kappa shape index (κ2) is 5.50. The molecule has 2 N–H and O–H groups in total. The van der Waals surface area contributed by atoms with Crippen LogP contribution in [0.5, 0.6) is 0 Å². The van der Waals surface area contributed by atoms with Gasteiger partial charge in [-0.3, -0.25) is 0 Å². The van der Waals surface area contributed by atoms with E-state index >= 15 is 0 Å². The average Bonchev–Trinajstić information content (AvgIpc) is 3.04. The van der Waals surface area contributed by atoms with E-state index in [9.17, 15) is 0 Å². The number of pyridine rings is 1. The Morgan fingerprint density at radius 2 is 1.47 bits per heavy atom. The van der Waals surface area contributed by atoms with Crippen LogP contribution in [0.1, 0.15) is 0 Å². The standard InChI is InChI=1S/C13H9N.C3H6N2/c1-3-7-12-10(5-1)9-11-6-2-4-8-13(11)14-12;1-2-4-5-3-1/h1-9H;1-2,4-5H,3H2. The zero-order valence-electron chi connectivity index (χ0n) is 10.5. The van der Waals surface area contributed by atoms with E-state index in [-0.39, 0.29) is 0 Å². The molecule has 0 amide bonds. The molecule has 3 heteroatoms. The highest BCUT2D eigenvalue weighted by atomic mass is 15.4. The molecular weight excluding hydrogens is 234 g/mol. The largest absolute Gasteiger partial charge is 0.329 e. The molecule has 3 nitrogen and oxygen atoms in total. The van der Waals surface area contributed by atoms with E-state index in [2.05, 4.69) is 34.0 Å². The summed E-state index contributed by atoms with van der Waals surface area (Å²) in [5.74, 6) is 0. The predicted molar refractivity (Wildman–Crippen MR) is 79.5 cm³/mol. The third kappa shape index (κ3) is 2.72. The summed E-state index contributed by atoms with van der Waals surface area (Å²) in [6, 6.07) is 18.6. The van der Waals surface area contributed by atoms with E-state index in [0.29, 0.717) is 0 Å². The van der Waals surface area contributed by atoms with Crippen LogP contribution in [0.15, 0.2) is 66.9 Å². The Balaban J connectivity index is 0.000000187. The Kier molecular flexibility index (Phi) is 3.38. The van der Waals surface area contributed by atoms with Gasteiger partial charge in [-0.25, -0.2) is 10.4 Å². The van der Waals surface area contributed by atoms with Gasteiger partial charge >= 0.3 is 0 Å². The minimum Gasteiger partial charge on any atom is -0.329 e. The third-order valence-corrected chi connectivity index (χ3v) is 2.95. The molecule has 3 aromatic rings. The maximum Gasteiger partial charge on any atom is 0.0709 e. The second-order valence-corrected chi connectivity index (χ2v) is 4.30. The van der Waals surface area contributed by atoms with Gasteiger partial charge in [0.05, 0.1) is 11.0 Å². The van der Waals surface area contributed by atoms with Crippen molar-refractivity contribution < 1.29 is 0 Å². The van der Waals surface area contributed by atoms with Gasteiger partial charge in [0, 0.05) is 23.5 Å². The molecule has 2 aromatic carbocycles. The van der Waals surface area contributed by atoms with Crippen LogP contribution >= 0.6 is 0 Å². The smallest absolute Gasteiger partial charge is 0.0709 e. The molecule has 0 unspecified atom stereocenters. The number of para-hydroxylation sites is 2. The minimum absolute atomic E-state index is 0.958. The Morgan fingerprint density at radius 1 is 0.842 bits per heavy atom. The molecule has 0 aliphatic carbocycles. The lowest BCUT2D eigenvalue weighted by Crippen LogP contribution is -2.19. The lowest BCUT2D eigenvalue weighted by molar-refractivity contribution is 0.727. The topological polar surface area (TPSA) is 37.0 Å². The van der Waals surface area contributed by atoms with Gasteiger partial charge in [-0.05, 0) is 18.2 Å². The molecule has 0 fully saturated rings. The number of hydrazine groups is 1. The van der Waals surface area contributed by atoms with Crippen LogP contribution in [0.3, 0.4) is 0 Å². The lowest BCUT2D eigenvalue weighted by Gasteiger charge is -1.99. The number of hydrogen-bond acceptors (Lipinski definition) is 3. The number of nitrogens with zero attached hydrogens (tertiary/aromatic N) is 1. The molecule has 0 radical (unpaired) electrons. The van der Waals surface area contributed by atoms with Crippen LogP contribution in [0.25, 0.3) is 21.8 Å². The van der Waals surface area contributed by atoms with Gasteiger partial charge in [-0.15, -0.1) is 0 Å². The number of rotatable bonds is 0. The summed E-state index contributed by atoms with van der Waals surface area (Å²) in [5.41, 5.74) is 7.78. The summed E-state index contributed by atoms with van der Waals surface area (Å²) in [6.45, 7) is 0.958.